The van der Waals surface area contributed by atoms with Crippen molar-refractivity contribution in [2.75, 3.05) is 44.4 Å². The molecule has 1 fully saturated rings. The molecule has 0 saturated carbocycles. The maximum absolute atomic E-state index is 11.8. The predicted molar refractivity (Wildman–Crippen MR) is 145 cm³/mol. The Morgan fingerprint density at radius 1 is 1.05 bits per heavy atom. The number of nitrogens with zero attached hydrogens (tertiary/aromatic N) is 6. The molecule has 5 rings (SSSR count). The maximum Gasteiger partial charge on any atom is 0.211 e. The molecule has 1 aliphatic heterocycles. The highest BCUT2D eigenvalue weighted by Gasteiger charge is 2.24. The molecule has 1 aliphatic rings. The highest BCUT2D eigenvalue weighted by atomic mass is 32.2. The number of anilines is 1. The third-order valence-corrected chi connectivity index (χ3v) is 8.19. The normalized spacial score (nSPS) is 15.6. The Bertz CT molecular complexity index is 1540. The lowest BCUT2D eigenvalue weighted by Crippen LogP contribution is -2.48. The first kappa shape index (κ1) is 25.9. The number of piperazine rings is 1. The minimum atomic E-state index is -3.18. The van der Waals surface area contributed by atoms with Crippen LogP contribution < -0.4 is 14.4 Å². The number of ether oxygens (including phenoxy) is 2. The third kappa shape index (κ3) is 5.01. The van der Waals surface area contributed by atoms with E-state index in [9.17, 15) is 8.42 Å². The number of hydrogen-bond acceptors (Lipinski definition) is 9. The van der Waals surface area contributed by atoms with Gasteiger partial charge in [-0.2, -0.15) is 19.6 Å². The molecule has 4 aromatic rings. The summed E-state index contributed by atoms with van der Waals surface area (Å²) in [6.07, 6.45) is 4.50. The predicted octanol–water partition coefficient (Wildman–Crippen LogP) is 3.26. The summed E-state index contributed by atoms with van der Waals surface area (Å²) in [4.78, 5) is 6.74. The van der Waals surface area contributed by atoms with Gasteiger partial charge in [0.1, 0.15) is 17.6 Å². The van der Waals surface area contributed by atoms with Gasteiger partial charge in [0.25, 0.3) is 0 Å². The fourth-order valence-electron chi connectivity index (χ4n) is 4.93. The minimum Gasteiger partial charge on any atom is -0.493 e. The third-order valence-electron chi connectivity index (χ3n) is 6.88. The van der Waals surface area contributed by atoms with E-state index >= 15 is 0 Å². The number of aryl methyl sites for hydroxylation is 2. The molecule has 1 aromatic carbocycles. The second-order valence-corrected chi connectivity index (χ2v) is 11.4. The topological polar surface area (TPSA) is 126 Å². The Balaban J connectivity index is 1.41. The van der Waals surface area contributed by atoms with E-state index in [2.05, 4.69) is 30.3 Å². The van der Waals surface area contributed by atoms with Crippen LogP contribution in [0, 0.1) is 13.8 Å². The van der Waals surface area contributed by atoms with Crippen LogP contribution in [0.25, 0.3) is 22.2 Å². The molecule has 3 aromatic heterocycles. The first-order valence-electron chi connectivity index (χ1n) is 12.3. The van der Waals surface area contributed by atoms with E-state index in [0.29, 0.717) is 37.7 Å². The lowest BCUT2D eigenvalue weighted by molar-refractivity contribution is 0.214. The maximum atomic E-state index is 11.8. The van der Waals surface area contributed by atoms with Gasteiger partial charge >= 0.3 is 0 Å². The molecule has 4 heterocycles. The smallest absolute Gasteiger partial charge is 0.211 e. The van der Waals surface area contributed by atoms with Crippen molar-refractivity contribution in [3.63, 3.8) is 0 Å². The second-order valence-electron chi connectivity index (χ2n) is 9.46. The summed E-state index contributed by atoms with van der Waals surface area (Å²) in [6.45, 7) is 7.98. The van der Waals surface area contributed by atoms with Crippen molar-refractivity contribution in [2.24, 2.45) is 0 Å². The Morgan fingerprint density at radius 3 is 2.45 bits per heavy atom. The van der Waals surface area contributed by atoms with Crippen LogP contribution in [0.3, 0.4) is 0 Å². The number of fused-ring (bicyclic) bond motifs is 1. The molecule has 12 heteroatoms. The molecule has 0 radical (unpaired) electrons. The van der Waals surface area contributed by atoms with Gasteiger partial charge in [0.05, 0.1) is 30.8 Å². The molecule has 0 spiro atoms. The van der Waals surface area contributed by atoms with Crippen LogP contribution in [0.15, 0.2) is 36.7 Å². The molecule has 1 saturated heterocycles. The molecule has 1 N–H and O–H groups in total. The van der Waals surface area contributed by atoms with Crippen LogP contribution in [0.1, 0.15) is 29.8 Å². The summed E-state index contributed by atoms with van der Waals surface area (Å²) in [7, 11) is -1.57. The second kappa shape index (κ2) is 10.2. The number of H-pyrrole nitrogens is 1. The largest absolute Gasteiger partial charge is 0.493 e. The summed E-state index contributed by atoms with van der Waals surface area (Å²) >= 11 is 0. The van der Waals surface area contributed by atoms with Crippen LogP contribution >= 0.6 is 0 Å². The Labute approximate surface area is 221 Å². The minimum absolute atomic E-state index is 0.267. The number of rotatable bonds is 7. The highest BCUT2D eigenvalue weighted by Crippen LogP contribution is 2.38. The van der Waals surface area contributed by atoms with E-state index in [1.54, 1.807) is 19.5 Å². The molecular formula is C26H31N7O4S. The quantitative estimate of drug-likeness (QED) is 0.378. The zero-order valence-electron chi connectivity index (χ0n) is 22.1. The molecule has 1 atom stereocenters. The lowest BCUT2D eigenvalue weighted by atomic mass is 10.0. The van der Waals surface area contributed by atoms with Crippen molar-refractivity contribution in [1.29, 1.82) is 0 Å². The van der Waals surface area contributed by atoms with E-state index in [0.717, 1.165) is 44.8 Å². The number of hydrogen-bond donors (Lipinski definition) is 1. The average Bonchev–Trinajstić information content (AvgIpc) is 3.30. The van der Waals surface area contributed by atoms with Crippen LogP contribution in [0.4, 0.5) is 5.82 Å². The SMILES string of the molecule is COc1cc2[nH]nc(-c3ccc(N4CCN(S(C)(=O)=O)CC4)nc3)c2cc1O[C@@H](C)c1c(C)cnnc1C. The van der Waals surface area contributed by atoms with Crippen molar-refractivity contribution >= 4 is 26.7 Å². The van der Waals surface area contributed by atoms with Gasteiger partial charge in [-0.25, -0.2) is 13.4 Å². The number of pyridine rings is 1. The molecule has 11 nitrogen and oxygen atoms in total. The molecule has 200 valence electrons. The van der Waals surface area contributed by atoms with E-state index in [4.69, 9.17) is 9.47 Å². The van der Waals surface area contributed by atoms with Gasteiger partial charge in [-0.05, 0) is 44.5 Å². The van der Waals surface area contributed by atoms with Crippen molar-refractivity contribution in [1.82, 2.24) is 29.7 Å². The van der Waals surface area contributed by atoms with Crippen molar-refractivity contribution in [2.45, 2.75) is 26.9 Å². The standard InChI is InChI=1S/C26H31N7O4S/c1-16-14-28-29-17(2)25(16)18(3)37-23-12-20-21(13-22(23)36-4)30-31-26(20)19-6-7-24(27-15-19)32-8-10-33(11-9-32)38(5,34)35/h6-7,12-15,18H,8-11H2,1-5H3,(H,30,31)/t18-/m0/s1. The highest BCUT2D eigenvalue weighted by molar-refractivity contribution is 7.88. The number of aromatic nitrogens is 5. The molecule has 38 heavy (non-hydrogen) atoms. The van der Waals surface area contributed by atoms with E-state index in [-0.39, 0.29) is 6.10 Å². The Kier molecular flexibility index (Phi) is 6.93. The summed E-state index contributed by atoms with van der Waals surface area (Å²) in [5.41, 5.74) is 5.24. The van der Waals surface area contributed by atoms with E-state index in [1.165, 1.54) is 10.6 Å². The van der Waals surface area contributed by atoms with Crippen molar-refractivity contribution in [3.8, 4) is 22.8 Å². The van der Waals surface area contributed by atoms with E-state index in [1.807, 2.05) is 45.0 Å². The summed E-state index contributed by atoms with van der Waals surface area (Å²) in [5.74, 6) is 2.00. The van der Waals surface area contributed by atoms with Gasteiger partial charge < -0.3 is 14.4 Å². The van der Waals surface area contributed by atoms with Gasteiger partial charge in [0.15, 0.2) is 11.5 Å². The summed E-state index contributed by atoms with van der Waals surface area (Å²) in [5, 5.41) is 16.7. The average molecular weight is 538 g/mol. The zero-order chi connectivity index (χ0) is 27.0. The molecule has 0 unspecified atom stereocenters. The van der Waals surface area contributed by atoms with Gasteiger partial charge in [-0.15, -0.1) is 0 Å². The molecule has 0 bridgehead atoms. The fraction of sp³-hybridized carbons (Fsp3) is 0.385. The first-order valence-corrected chi connectivity index (χ1v) is 14.2. The van der Waals surface area contributed by atoms with Crippen LogP contribution in [-0.2, 0) is 10.0 Å². The summed E-state index contributed by atoms with van der Waals surface area (Å²) < 4.78 is 37.1. The van der Waals surface area contributed by atoms with Gasteiger partial charge in [0, 0.05) is 55.0 Å². The number of methoxy groups -OCH3 is 1. The lowest BCUT2D eigenvalue weighted by Gasteiger charge is -2.33. The number of sulfonamides is 1. The fourth-order valence-corrected chi connectivity index (χ4v) is 5.76. The Hall–Kier alpha value is -3.77. The van der Waals surface area contributed by atoms with Crippen molar-refractivity contribution in [3.05, 3.63) is 53.5 Å². The van der Waals surface area contributed by atoms with Crippen LogP contribution in [0.5, 0.6) is 11.5 Å². The molecular weight excluding hydrogens is 506 g/mol. The van der Waals surface area contributed by atoms with Crippen molar-refractivity contribution < 1.29 is 17.9 Å². The van der Waals surface area contributed by atoms with Gasteiger partial charge in [0.2, 0.25) is 10.0 Å². The number of nitrogens with one attached hydrogen (secondary N) is 1. The van der Waals surface area contributed by atoms with E-state index < -0.39 is 10.0 Å². The number of aromatic amines is 1. The van der Waals surface area contributed by atoms with Gasteiger partial charge in [-0.1, -0.05) is 0 Å². The Morgan fingerprint density at radius 2 is 1.82 bits per heavy atom. The van der Waals surface area contributed by atoms with Crippen LogP contribution in [0.2, 0.25) is 0 Å². The van der Waals surface area contributed by atoms with Gasteiger partial charge in [-0.3, -0.25) is 5.10 Å². The molecule has 0 amide bonds. The van der Waals surface area contributed by atoms with Crippen LogP contribution in [-0.4, -0.2) is 77.6 Å². The summed E-state index contributed by atoms with van der Waals surface area (Å²) in [6, 6.07) is 7.73. The first-order chi connectivity index (χ1) is 18.2. The number of benzene rings is 1. The zero-order valence-corrected chi connectivity index (χ0v) is 22.9. The monoisotopic (exact) mass is 537 g/mol. The molecule has 0 aliphatic carbocycles.